The van der Waals surface area contributed by atoms with Crippen LogP contribution in [0, 0.1) is 13.8 Å². The number of nitrogens with one attached hydrogen (secondary N) is 1. The first-order valence-electron chi connectivity index (χ1n) is 7.78. The van der Waals surface area contributed by atoms with Crippen molar-refractivity contribution in [3.8, 4) is 5.69 Å². The van der Waals surface area contributed by atoms with E-state index in [9.17, 15) is 4.79 Å². The van der Waals surface area contributed by atoms with Gasteiger partial charge in [0.25, 0.3) is 0 Å². The van der Waals surface area contributed by atoms with Crippen LogP contribution in [0.25, 0.3) is 5.69 Å². The van der Waals surface area contributed by atoms with Crippen molar-refractivity contribution in [1.82, 2.24) is 14.5 Å². The zero-order chi connectivity index (χ0) is 18.7. The number of aromatic nitrogens is 3. The predicted molar refractivity (Wildman–Crippen MR) is 107 cm³/mol. The van der Waals surface area contributed by atoms with Crippen LogP contribution in [0.15, 0.2) is 48.0 Å². The second kappa shape index (κ2) is 8.12. The largest absolute Gasteiger partial charge is 0.309 e. The maximum Gasteiger partial charge on any atom is 0.236 e. The van der Waals surface area contributed by atoms with Gasteiger partial charge in [-0.1, -0.05) is 41.0 Å². The van der Waals surface area contributed by atoms with Gasteiger partial charge in [0.15, 0.2) is 11.0 Å². The van der Waals surface area contributed by atoms with Crippen molar-refractivity contribution in [3.63, 3.8) is 0 Å². The van der Waals surface area contributed by atoms with Crippen LogP contribution in [0.3, 0.4) is 0 Å². The number of rotatable bonds is 5. The molecule has 0 bridgehead atoms. The van der Waals surface area contributed by atoms with Crippen molar-refractivity contribution in [2.24, 2.45) is 0 Å². The first-order chi connectivity index (χ1) is 12.4. The van der Waals surface area contributed by atoms with Crippen molar-refractivity contribution in [3.05, 3.63) is 64.0 Å². The van der Waals surface area contributed by atoms with E-state index in [4.69, 9.17) is 23.2 Å². The normalized spacial score (nSPS) is 10.8. The first kappa shape index (κ1) is 18.8. The lowest BCUT2D eigenvalue weighted by molar-refractivity contribution is -0.113. The summed E-state index contributed by atoms with van der Waals surface area (Å²) in [6.07, 6.45) is 5.03. The van der Waals surface area contributed by atoms with E-state index in [2.05, 4.69) is 47.3 Å². The topological polar surface area (TPSA) is 59.8 Å². The summed E-state index contributed by atoms with van der Waals surface area (Å²) in [6, 6.07) is 7.81. The summed E-state index contributed by atoms with van der Waals surface area (Å²) < 4.78 is 1.96. The fraction of sp³-hybridized carbons (Fsp3) is 0.167. The number of hydrogen-bond acceptors (Lipinski definition) is 4. The summed E-state index contributed by atoms with van der Waals surface area (Å²) in [5.41, 5.74) is 3.36. The fourth-order valence-corrected chi connectivity index (χ4v) is 3.69. The van der Waals surface area contributed by atoms with Gasteiger partial charge in [-0.25, -0.2) is 9.97 Å². The predicted octanol–water partition coefficient (Wildman–Crippen LogP) is 4.92. The Balaban J connectivity index is 1.69. The Morgan fingerprint density at radius 1 is 1.15 bits per heavy atom. The maximum atomic E-state index is 12.2. The molecule has 0 radical (unpaired) electrons. The lowest BCUT2D eigenvalue weighted by Crippen LogP contribution is -2.15. The van der Waals surface area contributed by atoms with E-state index < -0.39 is 0 Å². The summed E-state index contributed by atoms with van der Waals surface area (Å²) in [7, 11) is 0. The number of nitrogens with zero attached hydrogens (tertiary/aromatic N) is 3. The van der Waals surface area contributed by atoms with Crippen LogP contribution in [0.2, 0.25) is 10.0 Å². The molecule has 3 rings (SSSR count). The third-order valence-corrected chi connectivity index (χ3v) is 4.95. The summed E-state index contributed by atoms with van der Waals surface area (Å²) in [5, 5.41) is 4.13. The summed E-state index contributed by atoms with van der Waals surface area (Å²) in [5.74, 6) is 0.253. The third kappa shape index (κ3) is 4.58. The monoisotopic (exact) mass is 406 g/mol. The highest BCUT2D eigenvalue weighted by molar-refractivity contribution is 7.99. The minimum Gasteiger partial charge on any atom is -0.309 e. The lowest BCUT2D eigenvalue weighted by Gasteiger charge is -2.10. The number of carbonyl (C=O) groups is 1. The van der Waals surface area contributed by atoms with E-state index in [-0.39, 0.29) is 11.7 Å². The molecule has 0 spiro atoms. The van der Waals surface area contributed by atoms with Gasteiger partial charge in [0, 0.05) is 24.3 Å². The standard InChI is InChI=1S/C18H16Cl2N4OS/c1-11-5-12(2)7-14(6-11)24-4-3-21-18(24)26-10-16(25)23-17-15(20)8-13(19)9-22-17/h3-9H,10H2,1-2H3,(H,22,23,25). The van der Waals surface area contributed by atoms with Crippen LogP contribution in [0.5, 0.6) is 0 Å². The Hall–Kier alpha value is -2.02. The molecule has 1 aromatic carbocycles. The van der Waals surface area contributed by atoms with Crippen molar-refractivity contribution in [2.75, 3.05) is 11.1 Å². The zero-order valence-corrected chi connectivity index (χ0v) is 16.5. The number of imidazole rings is 1. The molecule has 134 valence electrons. The van der Waals surface area contributed by atoms with Crippen LogP contribution >= 0.6 is 35.0 Å². The molecule has 0 aliphatic heterocycles. The van der Waals surface area contributed by atoms with E-state index in [1.54, 1.807) is 6.20 Å². The number of anilines is 1. The molecule has 0 saturated heterocycles. The molecular formula is C18H16Cl2N4OS. The smallest absolute Gasteiger partial charge is 0.236 e. The first-order valence-corrected chi connectivity index (χ1v) is 9.52. The van der Waals surface area contributed by atoms with Gasteiger partial charge in [-0.3, -0.25) is 9.36 Å². The molecule has 0 saturated carbocycles. The van der Waals surface area contributed by atoms with Crippen molar-refractivity contribution < 1.29 is 4.79 Å². The van der Waals surface area contributed by atoms with Crippen LogP contribution in [-0.2, 0) is 4.79 Å². The van der Waals surface area contributed by atoms with Crippen LogP contribution in [0.4, 0.5) is 5.82 Å². The minimum absolute atomic E-state index is 0.183. The number of aryl methyl sites for hydroxylation is 2. The number of pyridine rings is 1. The summed E-state index contributed by atoms with van der Waals surface area (Å²) in [4.78, 5) is 20.6. The van der Waals surface area contributed by atoms with E-state index in [1.165, 1.54) is 35.2 Å². The van der Waals surface area contributed by atoms with E-state index >= 15 is 0 Å². The van der Waals surface area contributed by atoms with Gasteiger partial charge in [-0.05, 0) is 43.2 Å². The van der Waals surface area contributed by atoms with Gasteiger partial charge in [0.2, 0.25) is 5.91 Å². The summed E-state index contributed by atoms with van der Waals surface area (Å²) >= 11 is 13.2. The molecule has 0 aliphatic rings. The number of amides is 1. The quantitative estimate of drug-likeness (QED) is 0.610. The van der Waals surface area contributed by atoms with Gasteiger partial charge in [0.1, 0.15) is 0 Å². The van der Waals surface area contributed by atoms with Gasteiger partial charge in [-0.15, -0.1) is 0 Å². The Kier molecular flexibility index (Phi) is 5.86. The number of benzene rings is 1. The average Bonchev–Trinajstić information content (AvgIpc) is 3.03. The van der Waals surface area contributed by atoms with Gasteiger partial charge >= 0.3 is 0 Å². The second-order valence-corrected chi connectivity index (χ2v) is 7.53. The highest BCUT2D eigenvalue weighted by Gasteiger charge is 2.12. The Morgan fingerprint density at radius 3 is 2.58 bits per heavy atom. The molecule has 5 nitrogen and oxygen atoms in total. The number of carbonyl (C=O) groups excluding carboxylic acids is 1. The number of hydrogen-bond donors (Lipinski definition) is 1. The van der Waals surface area contributed by atoms with Crippen LogP contribution < -0.4 is 5.32 Å². The Labute approximate surface area is 165 Å². The molecule has 1 amide bonds. The molecular weight excluding hydrogens is 391 g/mol. The minimum atomic E-state index is -0.221. The molecule has 0 aliphatic carbocycles. The number of halogens is 2. The lowest BCUT2D eigenvalue weighted by atomic mass is 10.1. The van der Waals surface area contributed by atoms with E-state index in [1.807, 2.05) is 10.8 Å². The fourth-order valence-electron chi connectivity index (χ4n) is 2.49. The molecule has 8 heteroatoms. The van der Waals surface area contributed by atoms with Gasteiger partial charge in [-0.2, -0.15) is 0 Å². The molecule has 2 aromatic heterocycles. The van der Waals surface area contributed by atoms with Crippen molar-refractivity contribution >= 4 is 46.7 Å². The third-order valence-electron chi connectivity index (χ3n) is 3.49. The zero-order valence-electron chi connectivity index (χ0n) is 14.2. The molecule has 0 unspecified atom stereocenters. The van der Waals surface area contributed by atoms with Crippen molar-refractivity contribution in [2.45, 2.75) is 19.0 Å². The maximum absolute atomic E-state index is 12.2. The molecule has 2 heterocycles. The Bertz CT molecular complexity index is 938. The van der Waals surface area contributed by atoms with Crippen LogP contribution in [0.1, 0.15) is 11.1 Å². The van der Waals surface area contributed by atoms with Gasteiger partial charge < -0.3 is 5.32 Å². The highest BCUT2D eigenvalue weighted by Crippen LogP contribution is 2.24. The van der Waals surface area contributed by atoms with Crippen molar-refractivity contribution in [1.29, 1.82) is 0 Å². The van der Waals surface area contributed by atoms with Gasteiger partial charge in [0.05, 0.1) is 15.8 Å². The van der Waals surface area contributed by atoms with E-state index in [0.717, 1.165) is 10.8 Å². The highest BCUT2D eigenvalue weighted by atomic mass is 35.5. The molecule has 0 atom stereocenters. The summed E-state index contributed by atoms with van der Waals surface area (Å²) in [6.45, 7) is 4.10. The number of thioether (sulfide) groups is 1. The van der Waals surface area contributed by atoms with E-state index in [0.29, 0.717) is 15.9 Å². The molecule has 3 aromatic rings. The molecule has 26 heavy (non-hydrogen) atoms. The SMILES string of the molecule is Cc1cc(C)cc(-n2ccnc2SCC(=O)Nc2ncc(Cl)cc2Cl)c1. The Morgan fingerprint density at radius 2 is 1.88 bits per heavy atom. The second-order valence-electron chi connectivity index (χ2n) is 5.75. The molecule has 0 fully saturated rings. The molecule has 1 N–H and O–H groups in total. The average molecular weight is 407 g/mol. The van der Waals surface area contributed by atoms with Crippen LogP contribution in [-0.4, -0.2) is 26.2 Å².